The molecule has 1 aromatic heterocycles. The molecule has 2 amide bonds. The van der Waals surface area contributed by atoms with Gasteiger partial charge < -0.3 is 15.0 Å². The molecule has 0 unspecified atom stereocenters. The van der Waals surface area contributed by atoms with Gasteiger partial charge in [0.2, 0.25) is 5.91 Å². The molecule has 0 bridgehead atoms. The topological polar surface area (TPSA) is 58.6 Å². The fraction of sp³-hybridized carbons (Fsp3) is 0.217. The molecule has 1 N–H and O–H groups in total. The molecular weight excluding hydrogens is 384 g/mol. The number of fused-ring (bicyclic) bond motifs is 1. The molecule has 0 radical (unpaired) electrons. The summed E-state index contributed by atoms with van der Waals surface area (Å²) in [6, 6.07) is 17.2. The standard InChI is InChI=1S/C23H22N2O3S/c26-22(12-18-8-11-29-16-18)25-9-10-28-21-7-6-19(13-20(21)15-25)23(27)24-14-17-4-2-1-3-5-17/h1-8,11,13,16H,9-10,12,14-15H2,(H,24,27). The maximum absolute atomic E-state index is 12.7. The molecule has 0 saturated carbocycles. The fourth-order valence-corrected chi connectivity index (χ4v) is 3.98. The first kappa shape index (κ1) is 19.2. The summed E-state index contributed by atoms with van der Waals surface area (Å²) in [5.74, 6) is 0.659. The third-order valence-corrected chi connectivity index (χ3v) is 5.62. The zero-order valence-corrected chi connectivity index (χ0v) is 16.8. The summed E-state index contributed by atoms with van der Waals surface area (Å²) in [4.78, 5) is 27.1. The summed E-state index contributed by atoms with van der Waals surface area (Å²) in [5.41, 5.74) is 3.49. The van der Waals surface area contributed by atoms with E-state index >= 15 is 0 Å². The zero-order chi connectivity index (χ0) is 20.1. The lowest BCUT2D eigenvalue weighted by Gasteiger charge is -2.19. The van der Waals surface area contributed by atoms with Crippen molar-refractivity contribution < 1.29 is 14.3 Å². The van der Waals surface area contributed by atoms with Gasteiger partial charge in [-0.3, -0.25) is 9.59 Å². The van der Waals surface area contributed by atoms with E-state index in [4.69, 9.17) is 4.74 Å². The summed E-state index contributed by atoms with van der Waals surface area (Å²) in [7, 11) is 0. The molecule has 0 atom stereocenters. The predicted molar refractivity (Wildman–Crippen MR) is 113 cm³/mol. The SMILES string of the molecule is O=C(NCc1ccccc1)c1ccc2c(c1)CN(C(=O)Cc1ccsc1)CCO2. The van der Waals surface area contributed by atoms with Crippen LogP contribution in [0.25, 0.3) is 0 Å². The number of carbonyl (C=O) groups excluding carboxylic acids is 2. The highest BCUT2D eigenvalue weighted by Crippen LogP contribution is 2.25. The zero-order valence-electron chi connectivity index (χ0n) is 16.0. The molecule has 0 aliphatic carbocycles. The molecule has 148 valence electrons. The first-order valence-electron chi connectivity index (χ1n) is 9.56. The first-order valence-corrected chi connectivity index (χ1v) is 10.5. The summed E-state index contributed by atoms with van der Waals surface area (Å²) in [6.07, 6.45) is 0.385. The van der Waals surface area contributed by atoms with E-state index in [0.717, 1.165) is 22.4 Å². The van der Waals surface area contributed by atoms with Crippen molar-refractivity contribution in [1.29, 1.82) is 0 Å². The van der Waals surface area contributed by atoms with Crippen LogP contribution < -0.4 is 10.1 Å². The van der Waals surface area contributed by atoms with Crippen molar-refractivity contribution in [2.24, 2.45) is 0 Å². The number of hydrogen-bond donors (Lipinski definition) is 1. The van der Waals surface area contributed by atoms with Crippen LogP contribution in [0.3, 0.4) is 0 Å². The lowest BCUT2D eigenvalue weighted by Crippen LogP contribution is -2.33. The average Bonchev–Trinajstić information content (AvgIpc) is 3.16. The van der Waals surface area contributed by atoms with E-state index in [9.17, 15) is 9.59 Å². The van der Waals surface area contributed by atoms with Crippen LogP contribution >= 0.6 is 11.3 Å². The minimum absolute atomic E-state index is 0.0683. The Bertz CT molecular complexity index is 987. The summed E-state index contributed by atoms with van der Waals surface area (Å²) < 4.78 is 5.80. The Morgan fingerprint density at radius 2 is 1.93 bits per heavy atom. The second-order valence-electron chi connectivity index (χ2n) is 6.96. The monoisotopic (exact) mass is 406 g/mol. The molecule has 1 aliphatic heterocycles. The van der Waals surface area contributed by atoms with Crippen LogP contribution in [0.2, 0.25) is 0 Å². The van der Waals surface area contributed by atoms with Crippen molar-refractivity contribution in [1.82, 2.24) is 10.2 Å². The third-order valence-electron chi connectivity index (χ3n) is 4.89. The van der Waals surface area contributed by atoms with Crippen molar-refractivity contribution in [3.8, 4) is 5.75 Å². The van der Waals surface area contributed by atoms with E-state index in [1.165, 1.54) is 0 Å². The largest absolute Gasteiger partial charge is 0.491 e. The van der Waals surface area contributed by atoms with Gasteiger partial charge in [0.1, 0.15) is 12.4 Å². The average molecular weight is 407 g/mol. The van der Waals surface area contributed by atoms with E-state index in [0.29, 0.717) is 38.2 Å². The highest BCUT2D eigenvalue weighted by molar-refractivity contribution is 7.08. The molecular formula is C23H22N2O3S. The first-order chi connectivity index (χ1) is 14.2. The number of amides is 2. The highest BCUT2D eigenvalue weighted by Gasteiger charge is 2.21. The van der Waals surface area contributed by atoms with Gasteiger partial charge in [0, 0.05) is 24.2 Å². The number of carbonyl (C=O) groups is 2. The van der Waals surface area contributed by atoms with Crippen molar-refractivity contribution in [3.05, 3.63) is 87.6 Å². The molecule has 2 heterocycles. The molecule has 1 aliphatic rings. The van der Waals surface area contributed by atoms with Gasteiger partial charge >= 0.3 is 0 Å². The van der Waals surface area contributed by atoms with Crippen LogP contribution in [-0.2, 0) is 24.3 Å². The number of hydrogen-bond acceptors (Lipinski definition) is 4. The molecule has 29 heavy (non-hydrogen) atoms. The smallest absolute Gasteiger partial charge is 0.251 e. The number of benzene rings is 2. The van der Waals surface area contributed by atoms with Gasteiger partial charge in [0.25, 0.3) is 5.91 Å². The molecule has 4 rings (SSSR count). The highest BCUT2D eigenvalue weighted by atomic mass is 32.1. The van der Waals surface area contributed by atoms with Gasteiger partial charge in [-0.1, -0.05) is 30.3 Å². The lowest BCUT2D eigenvalue weighted by atomic mass is 10.1. The van der Waals surface area contributed by atoms with Crippen LogP contribution in [0.1, 0.15) is 27.0 Å². The Kier molecular flexibility index (Phi) is 5.91. The quantitative estimate of drug-likeness (QED) is 0.704. The van der Waals surface area contributed by atoms with E-state index in [1.54, 1.807) is 22.3 Å². The third kappa shape index (κ3) is 4.84. The second-order valence-corrected chi connectivity index (χ2v) is 7.74. The summed E-state index contributed by atoms with van der Waals surface area (Å²) in [5, 5.41) is 6.91. The molecule has 6 heteroatoms. The number of rotatable bonds is 5. The second kappa shape index (κ2) is 8.92. The van der Waals surface area contributed by atoms with Crippen molar-refractivity contribution in [3.63, 3.8) is 0 Å². The Balaban J connectivity index is 1.44. The van der Waals surface area contributed by atoms with E-state index in [2.05, 4.69) is 5.32 Å². The summed E-state index contributed by atoms with van der Waals surface area (Å²) in [6.45, 7) is 1.89. The minimum atomic E-state index is -0.142. The van der Waals surface area contributed by atoms with Gasteiger partial charge in [-0.05, 0) is 46.2 Å². The molecule has 2 aromatic carbocycles. The van der Waals surface area contributed by atoms with Gasteiger partial charge in [0.15, 0.2) is 0 Å². The molecule has 0 fully saturated rings. The molecule has 5 nitrogen and oxygen atoms in total. The maximum atomic E-state index is 12.7. The van der Waals surface area contributed by atoms with Crippen LogP contribution in [0, 0.1) is 0 Å². The number of ether oxygens (including phenoxy) is 1. The lowest BCUT2D eigenvalue weighted by molar-refractivity contribution is -0.131. The number of nitrogens with zero attached hydrogens (tertiary/aromatic N) is 1. The van der Waals surface area contributed by atoms with Crippen LogP contribution in [-0.4, -0.2) is 29.9 Å². The molecule has 3 aromatic rings. The number of nitrogens with one attached hydrogen (secondary N) is 1. The molecule has 0 saturated heterocycles. The van der Waals surface area contributed by atoms with Crippen LogP contribution in [0.5, 0.6) is 5.75 Å². The van der Waals surface area contributed by atoms with Gasteiger partial charge in [-0.2, -0.15) is 11.3 Å². The normalized spacial score (nSPS) is 13.2. The van der Waals surface area contributed by atoms with E-state index in [-0.39, 0.29) is 11.8 Å². The Hall–Kier alpha value is -3.12. The van der Waals surface area contributed by atoms with Crippen LogP contribution in [0.15, 0.2) is 65.4 Å². The van der Waals surface area contributed by atoms with Crippen molar-refractivity contribution >= 4 is 23.2 Å². The summed E-state index contributed by atoms with van der Waals surface area (Å²) >= 11 is 1.59. The Morgan fingerprint density at radius 1 is 1.07 bits per heavy atom. The predicted octanol–water partition coefficient (Wildman–Crippen LogP) is 3.64. The van der Waals surface area contributed by atoms with Gasteiger partial charge in [-0.15, -0.1) is 0 Å². The van der Waals surface area contributed by atoms with E-state index < -0.39 is 0 Å². The van der Waals surface area contributed by atoms with E-state index in [1.807, 2.05) is 59.3 Å². The van der Waals surface area contributed by atoms with Crippen molar-refractivity contribution in [2.45, 2.75) is 19.5 Å². The Labute approximate surface area is 173 Å². The minimum Gasteiger partial charge on any atom is -0.491 e. The van der Waals surface area contributed by atoms with Crippen LogP contribution in [0.4, 0.5) is 0 Å². The number of thiophene rings is 1. The fourth-order valence-electron chi connectivity index (χ4n) is 3.31. The van der Waals surface area contributed by atoms with Gasteiger partial charge in [0.05, 0.1) is 13.0 Å². The Morgan fingerprint density at radius 3 is 2.72 bits per heavy atom. The van der Waals surface area contributed by atoms with Crippen molar-refractivity contribution in [2.75, 3.05) is 13.2 Å². The van der Waals surface area contributed by atoms with Gasteiger partial charge in [-0.25, -0.2) is 0 Å². The maximum Gasteiger partial charge on any atom is 0.251 e. The molecule has 0 spiro atoms.